The second-order valence-corrected chi connectivity index (χ2v) is 13.1. The molecule has 46 heavy (non-hydrogen) atoms. The number of para-hydroxylation sites is 2. The third-order valence-electron chi connectivity index (χ3n) is 7.46. The summed E-state index contributed by atoms with van der Waals surface area (Å²) in [5.74, 6) is -0.122. The van der Waals surface area contributed by atoms with Crippen LogP contribution in [-0.2, 0) is 32.6 Å². The highest BCUT2D eigenvalue weighted by Crippen LogP contribution is 2.33. The summed E-state index contributed by atoms with van der Waals surface area (Å²) < 4.78 is 40.3. The van der Waals surface area contributed by atoms with E-state index in [0.29, 0.717) is 5.75 Å². The third-order valence-corrected chi connectivity index (χ3v) is 9.23. The number of ether oxygens (including phenoxy) is 2. The van der Waals surface area contributed by atoms with Crippen LogP contribution in [0.2, 0.25) is 0 Å². The summed E-state index contributed by atoms with van der Waals surface area (Å²) in [6.45, 7) is 5.18. The summed E-state index contributed by atoms with van der Waals surface area (Å²) in [5.41, 5.74) is 2.90. The summed E-state index contributed by atoms with van der Waals surface area (Å²) >= 11 is 0. The Labute approximate surface area is 271 Å². The summed E-state index contributed by atoms with van der Waals surface area (Å²) in [5, 5.41) is 2.97. The molecule has 242 valence electrons. The van der Waals surface area contributed by atoms with Gasteiger partial charge in [0.2, 0.25) is 11.8 Å². The SMILES string of the molecule is COc1ccc(S(=O)(=O)N(CC(=O)N(Cc2ccc(C)cc2)[C@H](Cc2ccccc2)C(=O)NC(C)C)c2ccccc2OC)cc1. The number of amides is 2. The number of benzene rings is 4. The maximum Gasteiger partial charge on any atom is 0.264 e. The van der Waals surface area contributed by atoms with Gasteiger partial charge in [0.15, 0.2) is 0 Å². The molecule has 0 aromatic heterocycles. The lowest BCUT2D eigenvalue weighted by Gasteiger charge is -2.34. The Kier molecular flexibility index (Phi) is 11.4. The summed E-state index contributed by atoms with van der Waals surface area (Å²) in [6.07, 6.45) is 0.233. The molecule has 0 radical (unpaired) electrons. The number of carbonyl (C=O) groups is 2. The molecule has 10 heteroatoms. The Balaban J connectivity index is 1.83. The fourth-order valence-corrected chi connectivity index (χ4v) is 6.47. The van der Waals surface area contributed by atoms with Crippen LogP contribution in [0.15, 0.2) is 108 Å². The zero-order chi connectivity index (χ0) is 33.3. The van der Waals surface area contributed by atoms with Gasteiger partial charge in [-0.2, -0.15) is 0 Å². The number of sulfonamides is 1. The predicted octanol–water partition coefficient (Wildman–Crippen LogP) is 5.37. The molecule has 0 aliphatic heterocycles. The molecule has 0 aliphatic rings. The van der Waals surface area contributed by atoms with Crippen molar-refractivity contribution >= 4 is 27.5 Å². The first-order valence-corrected chi connectivity index (χ1v) is 16.5. The topological polar surface area (TPSA) is 105 Å². The Morgan fingerprint density at radius 1 is 0.783 bits per heavy atom. The molecule has 0 heterocycles. The van der Waals surface area contributed by atoms with Crippen molar-refractivity contribution in [1.82, 2.24) is 10.2 Å². The molecule has 4 rings (SSSR count). The molecule has 4 aromatic carbocycles. The van der Waals surface area contributed by atoms with E-state index in [0.717, 1.165) is 21.0 Å². The van der Waals surface area contributed by atoms with Crippen LogP contribution >= 0.6 is 0 Å². The molecule has 0 aliphatic carbocycles. The highest BCUT2D eigenvalue weighted by molar-refractivity contribution is 7.92. The van der Waals surface area contributed by atoms with Gasteiger partial charge in [-0.25, -0.2) is 8.42 Å². The van der Waals surface area contributed by atoms with Gasteiger partial charge < -0.3 is 19.7 Å². The van der Waals surface area contributed by atoms with Crippen molar-refractivity contribution in [3.05, 3.63) is 120 Å². The molecular formula is C36H41N3O6S. The van der Waals surface area contributed by atoms with Crippen molar-refractivity contribution in [2.45, 2.75) is 50.7 Å². The molecule has 1 N–H and O–H groups in total. The smallest absolute Gasteiger partial charge is 0.264 e. The average molecular weight is 644 g/mol. The summed E-state index contributed by atoms with van der Waals surface area (Å²) in [7, 11) is -1.36. The van der Waals surface area contributed by atoms with E-state index in [-0.39, 0.29) is 41.2 Å². The van der Waals surface area contributed by atoms with Crippen LogP contribution in [-0.4, -0.2) is 58.0 Å². The summed E-state index contributed by atoms with van der Waals surface area (Å²) in [6, 6.07) is 28.6. The first kappa shape index (κ1) is 34.1. The number of hydrogen-bond donors (Lipinski definition) is 1. The van der Waals surface area contributed by atoms with Crippen molar-refractivity contribution in [3.8, 4) is 11.5 Å². The average Bonchev–Trinajstić information content (AvgIpc) is 3.06. The van der Waals surface area contributed by atoms with E-state index in [2.05, 4.69) is 5.32 Å². The van der Waals surface area contributed by atoms with Crippen molar-refractivity contribution in [2.24, 2.45) is 0 Å². The van der Waals surface area contributed by atoms with Crippen molar-refractivity contribution in [3.63, 3.8) is 0 Å². The lowest BCUT2D eigenvalue weighted by molar-refractivity contribution is -0.140. The minimum absolute atomic E-state index is 0.0320. The molecule has 0 unspecified atom stereocenters. The van der Waals surface area contributed by atoms with Gasteiger partial charge in [-0.1, -0.05) is 72.3 Å². The zero-order valence-corrected chi connectivity index (χ0v) is 27.7. The first-order valence-electron chi connectivity index (χ1n) is 15.0. The van der Waals surface area contributed by atoms with Gasteiger partial charge in [-0.3, -0.25) is 13.9 Å². The van der Waals surface area contributed by atoms with E-state index in [1.54, 1.807) is 36.4 Å². The van der Waals surface area contributed by atoms with Crippen LogP contribution < -0.4 is 19.1 Å². The molecular weight excluding hydrogens is 602 g/mol. The fourth-order valence-electron chi connectivity index (χ4n) is 5.05. The van der Waals surface area contributed by atoms with E-state index < -0.39 is 28.5 Å². The molecule has 0 fully saturated rings. The van der Waals surface area contributed by atoms with E-state index in [1.807, 2.05) is 75.4 Å². The zero-order valence-electron chi connectivity index (χ0n) is 26.8. The largest absolute Gasteiger partial charge is 0.497 e. The van der Waals surface area contributed by atoms with E-state index in [9.17, 15) is 18.0 Å². The Bertz CT molecular complexity index is 1710. The van der Waals surface area contributed by atoms with E-state index in [1.165, 1.54) is 31.3 Å². The Morgan fingerprint density at radius 2 is 1.41 bits per heavy atom. The molecule has 0 saturated carbocycles. The third kappa shape index (κ3) is 8.45. The highest BCUT2D eigenvalue weighted by atomic mass is 32.2. The highest BCUT2D eigenvalue weighted by Gasteiger charge is 2.35. The predicted molar refractivity (Wildman–Crippen MR) is 179 cm³/mol. The monoisotopic (exact) mass is 643 g/mol. The summed E-state index contributed by atoms with van der Waals surface area (Å²) in [4.78, 5) is 29.8. The quantitative estimate of drug-likeness (QED) is 0.198. The van der Waals surface area contributed by atoms with Gasteiger partial charge in [0, 0.05) is 19.0 Å². The standard InChI is InChI=1S/C36H41N3O6S/c1-26(2)37-36(41)33(23-28-11-7-6-8-12-28)38(24-29-17-15-27(3)16-18-29)35(40)25-39(32-13-9-10-14-34(32)45-5)46(42,43)31-21-19-30(44-4)20-22-31/h6-22,26,33H,23-25H2,1-5H3,(H,37,41)/t33-/m1/s1. The second-order valence-electron chi connectivity index (χ2n) is 11.2. The van der Waals surface area contributed by atoms with Crippen LogP contribution in [0.4, 0.5) is 5.69 Å². The maximum atomic E-state index is 14.6. The number of nitrogens with zero attached hydrogens (tertiary/aromatic N) is 2. The first-order chi connectivity index (χ1) is 22.0. The number of methoxy groups -OCH3 is 2. The minimum atomic E-state index is -4.29. The number of nitrogens with one attached hydrogen (secondary N) is 1. The van der Waals surface area contributed by atoms with Crippen LogP contribution in [0.5, 0.6) is 11.5 Å². The normalized spacial score (nSPS) is 11.9. The number of carbonyl (C=O) groups excluding carboxylic acids is 2. The number of hydrogen-bond acceptors (Lipinski definition) is 6. The second kappa shape index (κ2) is 15.4. The van der Waals surface area contributed by atoms with Gasteiger partial charge in [0.1, 0.15) is 24.1 Å². The van der Waals surface area contributed by atoms with Gasteiger partial charge in [-0.05, 0) is 68.3 Å². The fraction of sp³-hybridized carbons (Fsp3) is 0.278. The van der Waals surface area contributed by atoms with Crippen LogP contribution in [0, 0.1) is 6.92 Å². The molecule has 2 amide bonds. The van der Waals surface area contributed by atoms with E-state index >= 15 is 0 Å². The van der Waals surface area contributed by atoms with Crippen LogP contribution in [0.1, 0.15) is 30.5 Å². The Morgan fingerprint density at radius 3 is 2.02 bits per heavy atom. The maximum absolute atomic E-state index is 14.6. The van der Waals surface area contributed by atoms with Crippen molar-refractivity contribution in [1.29, 1.82) is 0 Å². The number of rotatable bonds is 14. The molecule has 4 aromatic rings. The van der Waals surface area contributed by atoms with Crippen LogP contribution in [0.3, 0.4) is 0 Å². The Hall–Kier alpha value is -4.83. The van der Waals surface area contributed by atoms with Gasteiger partial charge >= 0.3 is 0 Å². The minimum Gasteiger partial charge on any atom is -0.497 e. The number of aryl methyl sites for hydroxylation is 1. The van der Waals surface area contributed by atoms with Crippen molar-refractivity contribution in [2.75, 3.05) is 25.1 Å². The molecule has 1 atom stereocenters. The van der Waals surface area contributed by atoms with Crippen LogP contribution in [0.25, 0.3) is 0 Å². The lowest BCUT2D eigenvalue weighted by atomic mass is 10.0. The van der Waals surface area contributed by atoms with Gasteiger partial charge in [0.05, 0.1) is 24.8 Å². The van der Waals surface area contributed by atoms with Crippen molar-refractivity contribution < 1.29 is 27.5 Å². The van der Waals surface area contributed by atoms with Gasteiger partial charge in [-0.15, -0.1) is 0 Å². The molecule has 0 bridgehead atoms. The molecule has 0 spiro atoms. The van der Waals surface area contributed by atoms with E-state index in [4.69, 9.17) is 9.47 Å². The molecule has 9 nitrogen and oxygen atoms in total. The van der Waals surface area contributed by atoms with Gasteiger partial charge in [0.25, 0.3) is 10.0 Å². The molecule has 0 saturated heterocycles. The lowest BCUT2D eigenvalue weighted by Crippen LogP contribution is -2.54. The number of anilines is 1.